The number of hydrogen-bond acceptors (Lipinski definition) is 4. The Morgan fingerprint density at radius 1 is 1.22 bits per heavy atom. The summed E-state index contributed by atoms with van der Waals surface area (Å²) in [7, 11) is 0. The zero-order valence-electron chi connectivity index (χ0n) is 14.1. The first kappa shape index (κ1) is 17.3. The van der Waals surface area contributed by atoms with Crippen LogP contribution in [0.15, 0.2) is 18.2 Å². The third-order valence-electron chi connectivity index (χ3n) is 3.92. The molecule has 2 rings (SSSR count). The van der Waals surface area contributed by atoms with Crippen molar-refractivity contribution < 1.29 is 19.1 Å². The molecule has 0 radical (unpaired) electrons. The highest BCUT2D eigenvalue weighted by Crippen LogP contribution is 2.28. The molecule has 0 bridgehead atoms. The molecule has 1 saturated carbocycles. The monoisotopic (exact) mass is 319 g/mol. The molecule has 0 N–H and O–H groups in total. The second-order valence-electron chi connectivity index (χ2n) is 5.88. The van der Waals surface area contributed by atoms with Crippen LogP contribution < -0.4 is 4.74 Å². The highest BCUT2D eigenvalue weighted by Gasteiger charge is 2.33. The summed E-state index contributed by atoms with van der Waals surface area (Å²) in [4.78, 5) is 25.7. The van der Waals surface area contributed by atoms with Gasteiger partial charge in [-0.25, -0.2) is 0 Å². The zero-order chi connectivity index (χ0) is 16.8. The fourth-order valence-electron chi connectivity index (χ4n) is 2.59. The molecule has 126 valence electrons. The van der Waals surface area contributed by atoms with Gasteiger partial charge in [-0.2, -0.15) is 0 Å². The molecule has 1 aromatic carbocycles. The number of ether oxygens (including phenoxy) is 2. The maximum atomic E-state index is 12.4. The van der Waals surface area contributed by atoms with Gasteiger partial charge in [0.05, 0.1) is 13.0 Å². The van der Waals surface area contributed by atoms with Crippen molar-refractivity contribution in [1.29, 1.82) is 0 Å². The lowest BCUT2D eigenvalue weighted by Gasteiger charge is -2.22. The molecular formula is C18H25NO4. The molecule has 1 amide bonds. The summed E-state index contributed by atoms with van der Waals surface area (Å²) >= 11 is 0. The van der Waals surface area contributed by atoms with Crippen LogP contribution >= 0.6 is 0 Å². The number of amides is 1. The Hall–Kier alpha value is -2.04. The summed E-state index contributed by atoms with van der Waals surface area (Å²) in [6.07, 6.45) is 2.23. The molecule has 1 fully saturated rings. The number of benzene rings is 1. The van der Waals surface area contributed by atoms with E-state index in [0.29, 0.717) is 13.2 Å². The van der Waals surface area contributed by atoms with Gasteiger partial charge in [0, 0.05) is 12.6 Å². The van der Waals surface area contributed by atoms with Crippen molar-refractivity contribution in [2.45, 2.75) is 46.1 Å². The van der Waals surface area contributed by atoms with Crippen LogP contribution in [0.3, 0.4) is 0 Å². The van der Waals surface area contributed by atoms with Gasteiger partial charge in [0.25, 0.3) is 5.91 Å². The third kappa shape index (κ3) is 4.98. The van der Waals surface area contributed by atoms with Crippen molar-refractivity contribution >= 4 is 11.9 Å². The number of carbonyl (C=O) groups excluding carboxylic acids is 2. The van der Waals surface area contributed by atoms with Crippen LogP contribution in [0.25, 0.3) is 0 Å². The quantitative estimate of drug-likeness (QED) is 0.691. The molecule has 0 aliphatic heterocycles. The molecule has 0 aromatic heterocycles. The minimum atomic E-state index is -0.262. The highest BCUT2D eigenvalue weighted by molar-refractivity contribution is 5.79. The minimum Gasteiger partial charge on any atom is -0.483 e. The minimum absolute atomic E-state index is 0.00498. The lowest BCUT2D eigenvalue weighted by atomic mass is 10.1. The number of nitrogens with zero attached hydrogens (tertiary/aromatic N) is 1. The Balaban J connectivity index is 1.90. The van der Waals surface area contributed by atoms with Gasteiger partial charge in [0.2, 0.25) is 0 Å². The van der Waals surface area contributed by atoms with Gasteiger partial charge in [-0.3, -0.25) is 9.59 Å². The van der Waals surface area contributed by atoms with Gasteiger partial charge < -0.3 is 14.4 Å². The predicted octanol–water partition coefficient (Wildman–Crippen LogP) is 2.63. The first-order valence-corrected chi connectivity index (χ1v) is 8.17. The van der Waals surface area contributed by atoms with E-state index >= 15 is 0 Å². The Kier molecular flexibility index (Phi) is 6.02. The highest BCUT2D eigenvalue weighted by atomic mass is 16.5. The van der Waals surface area contributed by atoms with Gasteiger partial charge in [0.15, 0.2) is 6.61 Å². The standard InChI is InChI=1S/C18H25NO4/c1-4-22-17(21)10-11-19(15-8-9-15)16(20)12-23-18-13(2)6-5-7-14(18)3/h5-7,15H,4,8-12H2,1-3H3. The van der Waals surface area contributed by atoms with Crippen LogP contribution in [0.5, 0.6) is 5.75 Å². The van der Waals surface area contributed by atoms with Crippen LogP contribution in [-0.4, -0.2) is 42.6 Å². The van der Waals surface area contributed by atoms with Crippen LogP contribution in [0.4, 0.5) is 0 Å². The van der Waals surface area contributed by atoms with E-state index in [0.717, 1.165) is 29.7 Å². The number of aryl methyl sites for hydroxylation is 2. The molecule has 1 aromatic rings. The summed E-state index contributed by atoms with van der Waals surface area (Å²) < 4.78 is 10.7. The maximum absolute atomic E-state index is 12.4. The summed E-state index contributed by atoms with van der Waals surface area (Å²) in [5.41, 5.74) is 2.03. The largest absolute Gasteiger partial charge is 0.483 e. The van der Waals surface area contributed by atoms with Crippen molar-refractivity contribution in [1.82, 2.24) is 4.90 Å². The van der Waals surface area contributed by atoms with E-state index in [-0.39, 0.29) is 30.9 Å². The molecule has 23 heavy (non-hydrogen) atoms. The summed E-state index contributed by atoms with van der Waals surface area (Å²) in [5.74, 6) is 0.433. The van der Waals surface area contributed by atoms with Crippen molar-refractivity contribution in [3.63, 3.8) is 0 Å². The van der Waals surface area contributed by atoms with Crippen LogP contribution in [-0.2, 0) is 14.3 Å². The number of esters is 1. The maximum Gasteiger partial charge on any atom is 0.307 e. The lowest BCUT2D eigenvalue weighted by Crippen LogP contribution is -2.38. The molecule has 0 heterocycles. The van der Waals surface area contributed by atoms with Crippen molar-refractivity contribution in [3.8, 4) is 5.75 Å². The summed E-state index contributed by atoms with van der Waals surface area (Å²) in [5, 5.41) is 0. The molecule has 0 atom stereocenters. The number of hydrogen-bond donors (Lipinski definition) is 0. The molecular weight excluding hydrogens is 294 g/mol. The summed E-state index contributed by atoms with van der Waals surface area (Å²) in [6, 6.07) is 6.15. The lowest BCUT2D eigenvalue weighted by molar-refractivity contribution is -0.144. The number of para-hydroxylation sites is 1. The van der Waals surface area contributed by atoms with E-state index in [1.807, 2.05) is 32.0 Å². The van der Waals surface area contributed by atoms with E-state index in [1.165, 1.54) is 0 Å². The van der Waals surface area contributed by atoms with Crippen LogP contribution in [0.1, 0.15) is 37.3 Å². The van der Waals surface area contributed by atoms with E-state index < -0.39 is 0 Å². The molecule has 5 heteroatoms. The first-order valence-electron chi connectivity index (χ1n) is 8.17. The smallest absolute Gasteiger partial charge is 0.307 e. The second kappa shape index (κ2) is 7.99. The Bertz CT molecular complexity index is 546. The van der Waals surface area contributed by atoms with E-state index in [1.54, 1.807) is 11.8 Å². The Labute approximate surface area is 137 Å². The van der Waals surface area contributed by atoms with Gasteiger partial charge in [-0.1, -0.05) is 18.2 Å². The predicted molar refractivity (Wildman–Crippen MR) is 87.4 cm³/mol. The van der Waals surface area contributed by atoms with Gasteiger partial charge >= 0.3 is 5.97 Å². The molecule has 0 spiro atoms. The van der Waals surface area contributed by atoms with Crippen LogP contribution in [0.2, 0.25) is 0 Å². The van der Waals surface area contributed by atoms with Gasteiger partial charge in [-0.15, -0.1) is 0 Å². The van der Waals surface area contributed by atoms with E-state index in [9.17, 15) is 9.59 Å². The number of rotatable bonds is 8. The van der Waals surface area contributed by atoms with Crippen molar-refractivity contribution in [3.05, 3.63) is 29.3 Å². The fourth-order valence-corrected chi connectivity index (χ4v) is 2.59. The van der Waals surface area contributed by atoms with Crippen molar-refractivity contribution in [2.24, 2.45) is 0 Å². The van der Waals surface area contributed by atoms with Gasteiger partial charge in [-0.05, 0) is 44.7 Å². The molecule has 0 saturated heterocycles. The Morgan fingerprint density at radius 3 is 2.43 bits per heavy atom. The zero-order valence-corrected chi connectivity index (χ0v) is 14.1. The van der Waals surface area contributed by atoms with E-state index in [2.05, 4.69) is 0 Å². The van der Waals surface area contributed by atoms with E-state index in [4.69, 9.17) is 9.47 Å². The molecule has 5 nitrogen and oxygen atoms in total. The topological polar surface area (TPSA) is 55.8 Å². The summed E-state index contributed by atoms with van der Waals surface area (Å²) in [6.45, 7) is 6.48. The SMILES string of the molecule is CCOC(=O)CCN(C(=O)COc1c(C)cccc1C)C1CC1. The second-order valence-corrected chi connectivity index (χ2v) is 5.88. The Morgan fingerprint density at radius 2 is 1.87 bits per heavy atom. The average molecular weight is 319 g/mol. The number of carbonyl (C=O) groups is 2. The third-order valence-corrected chi connectivity index (χ3v) is 3.92. The molecule has 0 unspecified atom stereocenters. The first-order chi connectivity index (χ1) is 11.0. The van der Waals surface area contributed by atoms with Gasteiger partial charge in [0.1, 0.15) is 5.75 Å². The normalized spacial score (nSPS) is 13.5. The average Bonchev–Trinajstić information content (AvgIpc) is 3.32. The van der Waals surface area contributed by atoms with Crippen molar-refractivity contribution in [2.75, 3.05) is 19.8 Å². The molecule has 1 aliphatic carbocycles. The van der Waals surface area contributed by atoms with Crippen LogP contribution in [0, 0.1) is 13.8 Å². The molecule has 1 aliphatic rings. The fraction of sp³-hybridized carbons (Fsp3) is 0.556.